The Balaban J connectivity index is 1.82. The van der Waals surface area contributed by atoms with Crippen LogP contribution < -0.4 is 5.32 Å². The molecule has 0 amide bonds. The number of aromatic nitrogens is 3. The molecule has 0 saturated heterocycles. The van der Waals surface area contributed by atoms with Crippen molar-refractivity contribution in [3.05, 3.63) is 82.3 Å². The summed E-state index contributed by atoms with van der Waals surface area (Å²) in [7, 11) is 0. The van der Waals surface area contributed by atoms with E-state index in [2.05, 4.69) is 26.3 Å². The molecule has 34 heavy (non-hydrogen) atoms. The van der Waals surface area contributed by atoms with E-state index in [1.165, 1.54) is 18.5 Å². The lowest BCUT2D eigenvalue weighted by Crippen LogP contribution is -2.19. The van der Waals surface area contributed by atoms with Crippen molar-refractivity contribution in [3.63, 3.8) is 0 Å². The number of rotatable bonds is 5. The van der Waals surface area contributed by atoms with Crippen molar-refractivity contribution < 1.29 is 9.50 Å². The molecule has 8 heteroatoms. The topological polar surface area (TPSA) is 94.7 Å². The highest BCUT2D eigenvalue weighted by molar-refractivity contribution is 6.35. The summed E-state index contributed by atoms with van der Waals surface area (Å²) in [6.45, 7) is 6.89. The first kappa shape index (κ1) is 23.6. The van der Waals surface area contributed by atoms with Gasteiger partial charge >= 0.3 is 0 Å². The Bertz CT molecular complexity index is 1420. The van der Waals surface area contributed by atoms with Crippen LogP contribution in [0, 0.1) is 24.1 Å². The van der Waals surface area contributed by atoms with Crippen LogP contribution in [0.1, 0.15) is 49.5 Å². The first-order valence-electron chi connectivity index (χ1n) is 10.7. The molecule has 0 bridgehead atoms. The molecule has 4 rings (SSSR count). The average molecular weight is 476 g/mol. The van der Waals surface area contributed by atoms with Crippen molar-refractivity contribution in [2.24, 2.45) is 0 Å². The number of fused-ring (bicyclic) bond motifs is 1. The van der Waals surface area contributed by atoms with E-state index in [1.54, 1.807) is 32.9 Å². The van der Waals surface area contributed by atoms with Gasteiger partial charge in [0.1, 0.15) is 11.4 Å². The molecule has 0 unspecified atom stereocenters. The van der Waals surface area contributed by atoms with Gasteiger partial charge in [0.15, 0.2) is 5.82 Å². The molecule has 0 spiro atoms. The summed E-state index contributed by atoms with van der Waals surface area (Å²) in [6, 6.07) is 12.3. The monoisotopic (exact) mass is 475 g/mol. The molecule has 2 N–H and O–H groups in total. The van der Waals surface area contributed by atoms with E-state index in [0.29, 0.717) is 44.0 Å². The Morgan fingerprint density at radius 3 is 2.53 bits per heavy atom. The SMILES string of the molecule is Cc1nc2cc(F)c(-c3cnc(C(C)(C)O)nc3)cc2c(N[C@H](C)c2cccc(C#N)c2)c1Cl. The molecular weight excluding hydrogens is 453 g/mol. The summed E-state index contributed by atoms with van der Waals surface area (Å²) < 4.78 is 15.1. The van der Waals surface area contributed by atoms with Crippen molar-refractivity contribution in [1.82, 2.24) is 15.0 Å². The number of hydrogen-bond donors (Lipinski definition) is 2. The number of hydrogen-bond acceptors (Lipinski definition) is 6. The van der Waals surface area contributed by atoms with Gasteiger partial charge < -0.3 is 10.4 Å². The van der Waals surface area contributed by atoms with Crippen LogP contribution in [-0.4, -0.2) is 20.1 Å². The predicted octanol–water partition coefficient (Wildman–Crippen LogP) is 6.06. The second-order valence-electron chi connectivity index (χ2n) is 8.69. The van der Waals surface area contributed by atoms with Gasteiger partial charge in [-0.1, -0.05) is 23.7 Å². The quantitative estimate of drug-likeness (QED) is 0.364. The molecular formula is C26H23ClFN5O. The van der Waals surface area contributed by atoms with E-state index < -0.39 is 11.4 Å². The second-order valence-corrected chi connectivity index (χ2v) is 9.07. The van der Waals surface area contributed by atoms with Crippen LogP contribution in [0.15, 0.2) is 48.8 Å². The van der Waals surface area contributed by atoms with Crippen LogP contribution in [0.3, 0.4) is 0 Å². The maximum Gasteiger partial charge on any atom is 0.159 e. The van der Waals surface area contributed by atoms with Crippen molar-refractivity contribution in [3.8, 4) is 17.2 Å². The molecule has 4 aromatic rings. The maximum absolute atomic E-state index is 15.1. The van der Waals surface area contributed by atoms with Crippen molar-refractivity contribution in [2.45, 2.75) is 39.3 Å². The van der Waals surface area contributed by atoms with Gasteiger partial charge in [-0.3, -0.25) is 4.98 Å². The number of nitrogens with zero attached hydrogens (tertiary/aromatic N) is 4. The minimum absolute atomic E-state index is 0.182. The average Bonchev–Trinajstić information content (AvgIpc) is 2.81. The number of nitrogens with one attached hydrogen (secondary N) is 1. The number of anilines is 1. The van der Waals surface area contributed by atoms with E-state index >= 15 is 4.39 Å². The van der Waals surface area contributed by atoms with Crippen LogP contribution in [0.5, 0.6) is 0 Å². The molecule has 1 atom stereocenters. The van der Waals surface area contributed by atoms with Crippen molar-refractivity contribution >= 4 is 28.2 Å². The highest BCUT2D eigenvalue weighted by Crippen LogP contribution is 2.38. The zero-order valence-corrected chi connectivity index (χ0v) is 19.9. The van der Waals surface area contributed by atoms with Crippen LogP contribution in [0.2, 0.25) is 5.02 Å². The van der Waals surface area contributed by atoms with Crippen LogP contribution >= 0.6 is 11.6 Å². The van der Waals surface area contributed by atoms with E-state index in [1.807, 2.05) is 25.1 Å². The minimum atomic E-state index is -1.20. The first-order valence-corrected chi connectivity index (χ1v) is 11.1. The molecule has 0 aliphatic rings. The molecule has 6 nitrogen and oxygen atoms in total. The highest BCUT2D eigenvalue weighted by atomic mass is 35.5. The maximum atomic E-state index is 15.1. The van der Waals surface area contributed by atoms with Gasteiger partial charge in [0, 0.05) is 41.0 Å². The summed E-state index contributed by atoms with van der Waals surface area (Å²) in [6.07, 6.45) is 2.97. The third-order valence-corrected chi connectivity index (χ3v) is 6.03. The van der Waals surface area contributed by atoms with Gasteiger partial charge in [0.25, 0.3) is 0 Å². The van der Waals surface area contributed by atoms with E-state index in [9.17, 15) is 10.4 Å². The minimum Gasteiger partial charge on any atom is -0.382 e. The number of aliphatic hydroxyl groups is 1. The van der Waals surface area contributed by atoms with Crippen molar-refractivity contribution in [1.29, 1.82) is 5.26 Å². The Morgan fingerprint density at radius 2 is 1.88 bits per heavy atom. The van der Waals surface area contributed by atoms with Crippen LogP contribution in [0.4, 0.5) is 10.1 Å². The lowest BCUT2D eigenvalue weighted by atomic mass is 10.0. The fraction of sp³-hybridized carbons (Fsp3) is 0.231. The standard InChI is InChI=1S/C26H23ClFN5O/c1-14(17-7-5-6-16(8-17)11-29)33-24-20-9-19(18-12-30-25(31-13-18)26(3,4)34)21(28)10-22(20)32-15(2)23(24)27/h5-10,12-14,34H,1-4H3,(H,32,33)/t14-/m1/s1. The number of aryl methyl sites for hydroxylation is 1. The Labute approximate surface area is 202 Å². The van der Waals surface area contributed by atoms with Gasteiger partial charge in [-0.25, -0.2) is 14.4 Å². The van der Waals surface area contributed by atoms with Crippen molar-refractivity contribution in [2.75, 3.05) is 5.32 Å². The number of benzene rings is 2. The van der Waals surface area contributed by atoms with Gasteiger partial charge in [0.05, 0.1) is 33.6 Å². The second kappa shape index (κ2) is 8.98. The molecule has 172 valence electrons. The Hall–Kier alpha value is -3.60. The third-order valence-electron chi connectivity index (χ3n) is 5.57. The van der Waals surface area contributed by atoms with E-state index in [4.69, 9.17) is 11.6 Å². The largest absolute Gasteiger partial charge is 0.382 e. The van der Waals surface area contributed by atoms with Gasteiger partial charge in [-0.2, -0.15) is 5.26 Å². The molecule has 2 aromatic carbocycles. The number of pyridine rings is 1. The highest BCUT2D eigenvalue weighted by Gasteiger charge is 2.21. The lowest BCUT2D eigenvalue weighted by Gasteiger charge is -2.20. The van der Waals surface area contributed by atoms with E-state index in [0.717, 1.165) is 5.56 Å². The molecule has 2 aromatic heterocycles. The molecule has 0 aliphatic heterocycles. The molecule has 0 radical (unpaired) electrons. The molecule has 0 saturated carbocycles. The molecule has 0 fully saturated rings. The zero-order chi connectivity index (χ0) is 24.6. The Morgan fingerprint density at radius 1 is 1.18 bits per heavy atom. The zero-order valence-electron chi connectivity index (χ0n) is 19.2. The number of halogens is 2. The lowest BCUT2D eigenvalue weighted by molar-refractivity contribution is 0.0687. The van der Waals surface area contributed by atoms with Gasteiger partial charge in [-0.15, -0.1) is 0 Å². The first-order chi connectivity index (χ1) is 16.1. The summed E-state index contributed by atoms with van der Waals surface area (Å²) >= 11 is 6.65. The summed E-state index contributed by atoms with van der Waals surface area (Å²) in [5.41, 5.74) is 2.67. The molecule has 2 heterocycles. The van der Waals surface area contributed by atoms with Gasteiger partial charge in [-0.05, 0) is 51.5 Å². The smallest absolute Gasteiger partial charge is 0.159 e. The fourth-order valence-corrected chi connectivity index (χ4v) is 3.91. The number of nitriles is 1. The third kappa shape index (κ3) is 4.56. The molecule has 0 aliphatic carbocycles. The summed E-state index contributed by atoms with van der Waals surface area (Å²) in [5, 5.41) is 23.8. The fourth-order valence-electron chi connectivity index (χ4n) is 3.71. The summed E-state index contributed by atoms with van der Waals surface area (Å²) in [4.78, 5) is 12.9. The Kier molecular flexibility index (Phi) is 6.22. The van der Waals surface area contributed by atoms with Gasteiger partial charge in [0.2, 0.25) is 0 Å². The van der Waals surface area contributed by atoms with Crippen LogP contribution in [0.25, 0.3) is 22.0 Å². The normalized spacial score (nSPS) is 12.4. The van der Waals surface area contributed by atoms with Crippen LogP contribution in [-0.2, 0) is 5.60 Å². The predicted molar refractivity (Wildman–Crippen MR) is 131 cm³/mol. The summed E-state index contributed by atoms with van der Waals surface area (Å²) in [5.74, 6) is -0.226. The van der Waals surface area contributed by atoms with E-state index in [-0.39, 0.29) is 11.9 Å².